The van der Waals surface area contributed by atoms with E-state index in [1.807, 2.05) is 42.5 Å². The zero-order valence-electron chi connectivity index (χ0n) is 15.3. The van der Waals surface area contributed by atoms with Crippen molar-refractivity contribution in [2.45, 2.75) is 17.7 Å². The molecule has 2 aromatic carbocycles. The largest absolute Gasteiger partial charge is 0.356 e. The zero-order chi connectivity index (χ0) is 19.3. The number of para-hydroxylation sites is 1. The molecule has 3 aromatic rings. The fraction of sp³-hybridized carbons (Fsp3) is 0.286. The van der Waals surface area contributed by atoms with Crippen molar-refractivity contribution in [1.82, 2.24) is 10.3 Å². The smallest absolute Gasteiger partial charge is 0.229 e. The number of thioether (sulfide) groups is 1. The minimum atomic E-state index is -0.304. The molecule has 1 fully saturated rings. The van der Waals surface area contributed by atoms with Gasteiger partial charge in [0.15, 0.2) is 5.13 Å². The van der Waals surface area contributed by atoms with E-state index in [4.69, 9.17) is 0 Å². The minimum absolute atomic E-state index is 0.0289. The van der Waals surface area contributed by atoms with Gasteiger partial charge in [-0.1, -0.05) is 41.7 Å². The number of carbonyl (C=O) groups is 2. The third kappa shape index (κ3) is 4.36. The average Bonchev–Trinajstić information content (AvgIpc) is 3.31. The number of fused-ring (bicyclic) bond motifs is 1. The Hall–Kier alpha value is -2.38. The first-order chi connectivity index (χ1) is 13.7. The minimum Gasteiger partial charge on any atom is -0.356 e. The fourth-order valence-electron chi connectivity index (χ4n) is 3.18. The highest BCUT2D eigenvalue weighted by Crippen LogP contribution is 2.32. The van der Waals surface area contributed by atoms with Gasteiger partial charge in [0.25, 0.3) is 0 Å². The van der Waals surface area contributed by atoms with Crippen molar-refractivity contribution in [2.75, 3.05) is 23.7 Å². The summed E-state index contributed by atoms with van der Waals surface area (Å²) in [5.74, 6) is 0.577. The molecule has 2 amide bonds. The monoisotopic (exact) mass is 411 g/mol. The van der Waals surface area contributed by atoms with Crippen LogP contribution in [-0.2, 0) is 9.59 Å². The van der Waals surface area contributed by atoms with Gasteiger partial charge in [0, 0.05) is 24.4 Å². The number of aromatic nitrogens is 1. The maximum absolute atomic E-state index is 12.5. The van der Waals surface area contributed by atoms with Crippen molar-refractivity contribution >= 4 is 50.3 Å². The molecule has 1 unspecified atom stereocenters. The maximum atomic E-state index is 12.5. The molecule has 1 aliphatic rings. The number of nitrogens with one attached hydrogen (secondary N) is 1. The molecule has 7 heteroatoms. The molecule has 5 nitrogen and oxygen atoms in total. The van der Waals surface area contributed by atoms with Gasteiger partial charge in [-0.15, -0.1) is 11.8 Å². The van der Waals surface area contributed by atoms with E-state index >= 15 is 0 Å². The lowest BCUT2D eigenvalue weighted by Crippen LogP contribution is -2.33. The molecule has 1 atom stereocenters. The van der Waals surface area contributed by atoms with Crippen LogP contribution in [0.4, 0.5) is 5.13 Å². The summed E-state index contributed by atoms with van der Waals surface area (Å²) in [6.45, 7) is 1.04. The Kier molecular flexibility index (Phi) is 5.92. The lowest BCUT2D eigenvalue weighted by molar-refractivity contribution is -0.126. The van der Waals surface area contributed by atoms with E-state index in [-0.39, 0.29) is 24.2 Å². The van der Waals surface area contributed by atoms with Gasteiger partial charge < -0.3 is 5.32 Å². The number of anilines is 1. The summed E-state index contributed by atoms with van der Waals surface area (Å²) < 4.78 is 1.05. The number of benzene rings is 2. The quantitative estimate of drug-likeness (QED) is 0.472. The highest BCUT2D eigenvalue weighted by Gasteiger charge is 2.36. The summed E-state index contributed by atoms with van der Waals surface area (Å²) in [6.07, 6.45) is 1.15. The SMILES string of the molecule is O=C(NCCCSc1ccccc1)C1CC(=O)N(c2nc3ccccc3s2)C1. The highest BCUT2D eigenvalue weighted by atomic mass is 32.2. The summed E-state index contributed by atoms with van der Waals surface area (Å²) in [4.78, 5) is 32.3. The molecule has 28 heavy (non-hydrogen) atoms. The van der Waals surface area contributed by atoms with Gasteiger partial charge in [-0.3, -0.25) is 14.5 Å². The van der Waals surface area contributed by atoms with E-state index in [0.29, 0.717) is 18.2 Å². The Morgan fingerprint density at radius 1 is 1.18 bits per heavy atom. The van der Waals surface area contributed by atoms with Crippen LogP contribution in [0, 0.1) is 5.92 Å². The van der Waals surface area contributed by atoms with E-state index in [2.05, 4.69) is 22.4 Å². The molecular formula is C21H21N3O2S2. The van der Waals surface area contributed by atoms with Crippen LogP contribution in [-0.4, -0.2) is 35.6 Å². The van der Waals surface area contributed by atoms with Crippen LogP contribution < -0.4 is 10.2 Å². The van der Waals surface area contributed by atoms with Crippen molar-refractivity contribution in [3.8, 4) is 0 Å². The first-order valence-electron chi connectivity index (χ1n) is 9.32. The number of hydrogen-bond donors (Lipinski definition) is 1. The van der Waals surface area contributed by atoms with Crippen molar-refractivity contribution in [3.63, 3.8) is 0 Å². The second-order valence-corrected chi connectivity index (χ2v) is 8.85. The first-order valence-corrected chi connectivity index (χ1v) is 11.1. The molecule has 144 valence electrons. The second kappa shape index (κ2) is 8.75. The van der Waals surface area contributed by atoms with Gasteiger partial charge in [0.2, 0.25) is 11.8 Å². The van der Waals surface area contributed by atoms with Crippen LogP contribution in [0.25, 0.3) is 10.2 Å². The van der Waals surface area contributed by atoms with Crippen molar-refractivity contribution in [1.29, 1.82) is 0 Å². The number of hydrogen-bond acceptors (Lipinski definition) is 5. The van der Waals surface area contributed by atoms with E-state index in [9.17, 15) is 9.59 Å². The third-order valence-electron chi connectivity index (χ3n) is 4.64. The Morgan fingerprint density at radius 3 is 2.79 bits per heavy atom. The van der Waals surface area contributed by atoms with E-state index < -0.39 is 0 Å². The predicted octanol–water partition coefficient (Wildman–Crippen LogP) is 3.95. The highest BCUT2D eigenvalue weighted by molar-refractivity contribution is 7.99. The van der Waals surface area contributed by atoms with Crippen molar-refractivity contribution in [3.05, 3.63) is 54.6 Å². The molecule has 0 aliphatic carbocycles. The zero-order valence-corrected chi connectivity index (χ0v) is 17.0. The standard InChI is InChI=1S/C21H21N3O2S2/c25-19-13-15(14-24(19)21-23-17-9-4-5-10-18(17)28-21)20(26)22-11-6-12-27-16-7-2-1-3-8-16/h1-5,7-10,15H,6,11-14H2,(H,22,26). The molecule has 0 bridgehead atoms. The second-order valence-electron chi connectivity index (χ2n) is 6.68. The Morgan fingerprint density at radius 2 is 1.96 bits per heavy atom. The number of amides is 2. The Balaban J connectivity index is 1.25. The van der Waals surface area contributed by atoms with Gasteiger partial charge in [-0.2, -0.15) is 0 Å². The maximum Gasteiger partial charge on any atom is 0.229 e. The number of rotatable bonds is 7. The lowest BCUT2D eigenvalue weighted by atomic mass is 10.1. The molecule has 1 saturated heterocycles. The van der Waals surface area contributed by atoms with E-state index in [1.54, 1.807) is 16.7 Å². The van der Waals surface area contributed by atoms with E-state index in [0.717, 1.165) is 22.4 Å². The molecule has 0 spiro atoms. The van der Waals surface area contributed by atoms with Crippen LogP contribution in [0.3, 0.4) is 0 Å². The summed E-state index contributed by atoms with van der Waals surface area (Å²) in [5.41, 5.74) is 0.888. The normalized spacial score (nSPS) is 16.6. The number of nitrogens with zero attached hydrogens (tertiary/aromatic N) is 2. The number of carbonyl (C=O) groups excluding carboxylic acids is 2. The van der Waals surface area contributed by atoms with Gasteiger partial charge in [-0.25, -0.2) is 4.98 Å². The van der Waals surface area contributed by atoms with Crippen LogP contribution >= 0.6 is 23.1 Å². The van der Waals surface area contributed by atoms with Crippen LogP contribution in [0.1, 0.15) is 12.8 Å². The molecule has 2 heterocycles. The van der Waals surface area contributed by atoms with Crippen LogP contribution in [0.15, 0.2) is 59.5 Å². The molecule has 1 aromatic heterocycles. The topological polar surface area (TPSA) is 62.3 Å². The summed E-state index contributed by atoms with van der Waals surface area (Å²) in [5, 5.41) is 3.66. The Bertz CT molecular complexity index is 941. The van der Waals surface area contributed by atoms with Gasteiger partial charge >= 0.3 is 0 Å². The molecular weight excluding hydrogens is 390 g/mol. The number of thiazole rings is 1. The molecule has 1 aliphatic heterocycles. The summed E-state index contributed by atoms with van der Waals surface area (Å²) in [6, 6.07) is 18.1. The first kappa shape index (κ1) is 19.0. The van der Waals surface area contributed by atoms with Gasteiger partial charge in [0.1, 0.15) is 0 Å². The van der Waals surface area contributed by atoms with Gasteiger partial charge in [-0.05, 0) is 36.4 Å². The van der Waals surface area contributed by atoms with Gasteiger partial charge in [0.05, 0.1) is 16.1 Å². The predicted molar refractivity (Wildman–Crippen MR) is 115 cm³/mol. The molecule has 4 rings (SSSR count). The van der Waals surface area contributed by atoms with Crippen molar-refractivity contribution < 1.29 is 9.59 Å². The summed E-state index contributed by atoms with van der Waals surface area (Å²) in [7, 11) is 0. The average molecular weight is 412 g/mol. The molecule has 1 N–H and O–H groups in total. The molecule has 0 saturated carbocycles. The third-order valence-corrected chi connectivity index (χ3v) is 6.80. The fourth-order valence-corrected chi connectivity index (χ4v) is 5.04. The van der Waals surface area contributed by atoms with E-state index in [1.165, 1.54) is 16.2 Å². The Labute approximate surface area is 172 Å². The van der Waals surface area contributed by atoms with Crippen LogP contribution in [0.2, 0.25) is 0 Å². The van der Waals surface area contributed by atoms with Crippen LogP contribution in [0.5, 0.6) is 0 Å². The summed E-state index contributed by atoms with van der Waals surface area (Å²) >= 11 is 3.28. The van der Waals surface area contributed by atoms with Crippen molar-refractivity contribution in [2.24, 2.45) is 5.92 Å². The lowest BCUT2D eigenvalue weighted by Gasteiger charge is -2.13. The molecule has 0 radical (unpaired) electrons.